The number of hydrogen-bond donors (Lipinski definition) is 3. The van der Waals surface area contributed by atoms with E-state index in [1.165, 1.54) is 29.6 Å². The lowest BCUT2D eigenvalue weighted by Gasteiger charge is -2.30. The first-order chi connectivity index (χ1) is 16.9. The van der Waals surface area contributed by atoms with Gasteiger partial charge < -0.3 is 15.8 Å². The Labute approximate surface area is 205 Å². The van der Waals surface area contributed by atoms with Crippen molar-refractivity contribution in [1.82, 2.24) is 14.5 Å². The van der Waals surface area contributed by atoms with Gasteiger partial charge in [0.1, 0.15) is 11.4 Å². The van der Waals surface area contributed by atoms with Crippen LogP contribution in [-0.4, -0.2) is 49.4 Å². The number of anilines is 2. The van der Waals surface area contributed by atoms with Crippen molar-refractivity contribution in [2.45, 2.75) is 31.4 Å². The minimum atomic E-state index is -3.48. The van der Waals surface area contributed by atoms with Gasteiger partial charge in [-0.1, -0.05) is 18.2 Å². The van der Waals surface area contributed by atoms with E-state index in [2.05, 4.69) is 15.5 Å². The maximum atomic E-state index is 14.7. The molecule has 0 saturated carbocycles. The van der Waals surface area contributed by atoms with Gasteiger partial charge in [-0.2, -0.15) is 9.40 Å². The minimum Gasteiger partial charge on any atom is -0.398 e. The van der Waals surface area contributed by atoms with Gasteiger partial charge in [-0.3, -0.25) is 4.79 Å². The minimum absolute atomic E-state index is 0.00225. The summed E-state index contributed by atoms with van der Waals surface area (Å²) >= 11 is 0. The average molecular weight is 526 g/mol. The Morgan fingerprint density at radius 2 is 1.94 bits per heavy atom. The number of ether oxygens (including phenoxy) is 1. The highest BCUT2D eigenvalue weighted by Gasteiger charge is 2.44. The zero-order valence-electron chi connectivity index (χ0n) is 19.8. The van der Waals surface area contributed by atoms with Crippen molar-refractivity contribution in [1.29, 1.82) is 0 Å². The third kappa shape index (κ3) is 4.53. The normalized spacial score (nSPS) is 19.8. The number of aromatic amines is 1. The quantitative estimate of drug-likeness (QED) is 0.404. The van der Waals surface area contributed by atoms with Crippen LogP contribution in [-0.2, 0) is 20.4 Å². The number of nitrogen functional groups attached to an aromatic ring is 1. The van der Waals surface area contributed by atoms with E-state index in [1.807, 2.05) is 0 Å². The lowest BCUT2D eigenvalue weighted by Crippen LogP contribution is -2.36. The SMILES string of the molecule is COC1(c2cc3c(N[C@H](C)c4cccc(C(F)F)c4F)n[nH]c(=O)c3cc2N)CCN(S(C)(=O)=O)C1. The van der Waals surface area contributed by atoms with Crippen LogP contribution in [0.5, 0.6) is 0 Å². The number of sulfonamides is 1. The summed E-state index contributed by atoms with van der Waals surface area (Å²) in [5.74, 6) is -0.874. The summed E-state index contributed by atoms with van der Waals surface area (Å²) in [5, 5.41) is 9.90. The molecule has 194 valence electrons. The van der Waals surface area contributed by atoms with E-state index in [9.17, 15) is 26.4 Å². The number of rotatable bonds is 7. The summed E-state index contributed by atoms with van der Waals surface area (Å²) in [5.41, 5.74) is 4.69. The molecule has 1 saturated heterocycles. The molecule has 13 heteroatoms. The highest BCUT2D eigenvalue weighted by atomic mass is 32.2. The van der Waals surface area contributed by atoms with Gasteiger partial charge in [0.2, 0.25) is 10.0 Å². The van der Waals surface area contributed by atoms with Crippen LogP contribution in [0.15, 0.2) is 35.1 Å². The molecule has 4 N–H and O–H groups in total. The summed E-state index contributed by atoms with van der Waals surface area (Å²) in [6.45, 7) is 1.82. The molecule has 0 spiro atoms. The number of benzene rings is 2. The number of nitrogens with two attached hydrogens (primary N) is 1. The Kier molecular flexibility index (Phi) is 6.75. The molecule has 0 aliphatic carbocycles. The first kappa shape index (κ1) is 25.9. The van der Waals surface area contributed by atoms with Crippen LogP contribution in [0, 0.1) is 5.82 Å². The van der Waals surface area contributed by atoms with Gasteiger partial charge in [-0.25, -0.2) is 26.7 Å². The topological polar surface area (TPSA) is 130 Å². The van der Waals surface area contributed by atoms with Crippen molar-refractivity contribution in [2.24, 2.45) is 0 Å². The van der Waals surface area contributed by atoms with Gasteiger partial charge in [0, 0.05) is 42.4 Å². The molecule has 1 aliphatic heterocycles. The molecule has 36 heavy (non-hydrogen) atoms. The van der Waals surface area contributed by atoms with E-state index in [0.29, 0.717) is 17.4 Å². The van der Waals surface area contributed by atoms with E-state index in [4.69, 9.17) is 10.5 Å². The molecule has 4 rings (SSSR count). The molecule has 1 aliphatic rings. The fourth-order valence-electron chi connectivity index (χ4n) is 4.61. The molecule has 3 aromatic rings. The van der Waals surface area contributed by atoms with E-state index < -0.39 is 45.0 Å². The highest BCUT2D eigenvalue weighted by Crippen LogP contribution is 2.41. The molecular formula is C23H26F3N5O4S. The monoisotopic (exact) mass is 525 g/mol. The number of hydrogen-bond acceptors (Lipinski definition) is 7. The zero-order valence-corrected chi connectivity index (χ0v) is 20.6. The van der Waals surface area contributed by atoms with Crippen molar-refractivity contribution in [2.75, 3.05) is 37.5 Å². The van der Waals surface area contributed by atoms with Crippen LogP contribution in [0.1, 0.15) is 42.5 Å². The second-order valence-electron chi connectivity index (χ2n) is 8.85. The molecule has 9 nitrogen and oxygen atoms in total. The number of fused-ring (bicyclic) bond motifs is 1. The van der Waals surface area contributed by atoms with Crippen LogP contribution in [0.3, 0.4) is 0 Å². The third-order valence-electron chi connectivity index (χ3n) is 6.62. The number of nitrogens with one attached hydrogen (secondary N) is 2. The lowest BCUT2D eigenvalue weighted by molar-refractivity contribution is -0.000262. The van der Waals surface area contributed by atoms with Gasteiger partial charge in [0.25, 0.3) is 12.0 Å². The van der Waals surface area contributed by atoms with Crippen LogP contribution in [0.25, 0.3) is 10.8 Å². The number of nitrogens with zero attached hydrogens (tertiary/aromatic N) is 2. The molecule has 1 unspecified atom stereocenters. The fourth-order valence-corrected chi connectivity index (χ4v) is 5.48. The maximum absolute atomic E-state index is 14.7. The fraction of sp³-hybridized carbons (Fsp3) is 0.391. The summed E-state index contributed by atoms with van der Waals surface area (Å²) in [7, 11) is -2.03. The summed E-state index contributed by atoms with van der Waals surface area (Å²) in [6, 6.07) is 5.99. The molecule has 1 fully saturated rings. The number of H-pyrrole nitrogens is 1. The standard InChI is InChI=1S/C23H26F3N5O4S/c1-12(13-5-4-6-14(19(13)24)20(25)26)28-21-15-9-17(18(27)10-16(15)22(32)30-29-21)23(35-2)7-8-31(11-23)36(3,33)34/h4-6,9-10,12,20H,7-8,11,27H2,1-3H3,(H,28,29)(H,30,32)/t12-,23?/m1/s1. The summed E-state index contributed by atoms with van der Waals surface area (Å²) < 4.78 is 72.4. The number of aromatic nitrogens is 2. The first-order valence-corrected chi connectivity index (χ1v) is 12.9. The molecule has 2 aromatic carbocycles. The van der Waals surface area contributed by atoms with Crippen molar-refractivity contribution in [3.8, 4) is 0 Å². The van der Waals surface area contributed by atoms with Gasteiger partial charge in [-0.15, -0.1) is 0 Å². The van der Waals surface area contributed by atoms with Gasteiger partial charge >= 0.3 is 0 Å². The largest absolute Gasteiger partial charge is 0.398 e. The molecule has 2 heterocycles. The van der Waals surface area contributed by atoms with E-state index in [0.717, 1.165) is 12.3 Å². The van der Waals surface area contributed by atoms with Crippen LogP contribution < -0.4 is 16.6 Å². The third-order valence-corrected chi connectivity index (χ3v) is 7.87. The molecule has 1 aromatic heterocycles. The Hall–Kier alpha value is -3.16. The zero-order chi connectivity index (χ0) is 26.4. The van der Waals surface area contributed by atoms with Gasteiger partial charge in [0.15, 0.2) is 5.82 Å². The van der Waals surface area contributed by atoms with Crippen LogP contribution in [0.2, 0.25) is 0 Å². The second-order valence-corrected chi connectivity index (χ2v) is 10.8. The van der Waals surface area contributed by atoms with Gasteiger partial charge in [0.05, 0.1) is 23.2 Å². The molecule has 0 bridgehead atoms. The van der Waals surface area contributed by atoms with Crippen molar-refractivity contribution in [3.05, 3.63) is 63.2 Å². The molecular weight excluding hydrogens is 499 g/mol. The number of halogens is 3. The van der Waals surface area contributed by atoms with Crippen LogP contribution >= 0.6 is 0 Å². The molecule has 0 radical (unpaired) electrons. The summed E-state index contributed by atoms with van der Waals surface area (Å²) in [6.07, 6.45) is -1.54. The highest BCUT2D eigenvalue weighted by molar-refractivity contribution is 7.88. The Bertz CT molecular complexity index is 1480. The Morgan fingerprint density at radius 1 is 1.25 bits per heavy atom. The predicted octanol–water partition coefficient (Wildman–Crippen LogP) is 3.26. The van der Waals surface area contributed by atoms with Crippen molar-refractivity contribution in [3.63, 3.8) is 0 Å². The van der Waals surface area contributed by atoms with E-state index >= 15 is 0 Å². The van der Waals surface area contributed by atoms with E-state index in [-0.39, 0.29) is 35.5 Å². The summed E-state index contributed by atoms with van der Waals surface area (Å²) in [4.78, 5) is 12.5. The van der Waals surface area contributed by atoms with Crippen molar-refractivity contribution >= 4 is 32.3 Å². The van der Waals surface area contributed by atoms with Crippen molar-refractivity contribution < 1.29 is 26.3 Å². The van der Waals surface area contributed by atoms with Crippen LogP contribution in [0.4, 0.5) is 24.7 Å². The smallest absolute Gasteiger partial charge is 0.272 e. The number of alkyl halides is 2. The Morgan fingerprint density at radius 3 is 2.56 bits per heavy atom. The maximum Gasteiger partial charge on any atom is 0.272 e. The lowest BCUT2D eigenvalue weighted by atomic mass is 9.89. The average Bonchev–Trinajstić information content (AvgIpc) is 3.27. The molecule has 2 atom stereocenters. The number of methoxy groups -OCH3 is 1. The van der Waals surface area contributed by atoms with E-state index in [1.54, 1.807) is 13.0 Å². The predicted molar refractivity (Wildman–Crippen MR) is 130 cm³/mol. The molecule has 0 amide bonds. The van der Waals surface area contributed by atoms with Gasteiger partial charge in [-0.05, 0) is 25.5 Å². The first-order valence-electron chi connectivity index (χ1n) is 11.0. The Balaban J connectivity index is 1.80. The second kappa shape index (κ2) is 9.37.